The van der Waals surface area contributed by atoms with Gasteiger partial charge in [-0.25, -0.2) is 0 Å². The summed E-state index contributed by atoms with van der Waals surface area (Å²) in [4.78, 5) is 23.2. The van der Waals surface area contributed by atoms with Crippen LogP contribution in [0.25, 0.3) is 0 Å². The van der Waals surface area contributed by atoms with E-state index in [4.69, 9.17) is 0 Å². The van der Waals surface area contributed by atoms with Crippen LogP contribution in [0.3, 0.4) is 0 Å². The van der Waals surface area contributed by atoms with Gasteiger partial charge >= 0.3 is 5.69 Å². The molecule has 0 bridgehead atoms. The molecule has 0 amide bonds. The van der Waals surface area contributed by atoms with Crippen molar-refractivity contribution in [3.8, 4) is 0 Å². The van der Waals surface area contributed by atoms with Crippen LogP contribution in [0.4, 0.5) is 11.5 Å². The number of ketones is 1. The maximum Gasteiger partial charge on any atom is 0.330 e. The summed E-state index contributed by atoms with van der Waals surface area (Å²) >= 11 is 0. The van der Waals surface area contributed by atoms with Gasteiger partial charge in [0.25, 0.3) is 0 Å². The topological polar surface area (TPSA) is 81.3 Å². The van der Waals surface area contributed by atoms with Crippen LogP contribution in [-0.2, 0) is 11.8 Å². The average molecular weight is 224 g/mol. The standard InChI is InChI=1S/C9H12N4O3/c1-11-6-8(13(15)16)9(10-11)12-4-2-7(14)3-5-12/h6H,2-5H2,1H3. The lowest BCUT2D eigenvalue weighted by Gasteiger charge is -2.24. The van der Waals surface area contributed by atoms with Crippen LogP contribution < -0.4 is 4.90 Å². The first-order valence-corrected chi connectivity index (χ1v) is 5.02. The van der Waals surface area contributed by atoms with E-state index in [1.165, 1.54) is 10.9 Å². The lowest BCUT2D eigenvalue weighted by atomic mass is 10.1. The van der Waals surface area contributed by atoms with Crippen LogP contribution in [0.2, 0.25) is 0 Å². The Morgan fingerprint density at radius 3 is 2.62 bits per heavy atom. The molecule has 7 heteroatoms. The quantitative estimate of drug-likeness (QED) is 0.539. The van der Waals surface area contributed by atoms with Crippen LogP contribution in [0.15, 0.2) is 6.20 Å². The van der Waals surface area contributed by atoms with Crippen molar-refractivity contribution in [2.75, 3.05) is 18.0 Å². The number of anilines is 1. The molecule has 0 unspecified atom stereocenters. The first-order valence-electron chi connectivity index (χ1n) is 5.02. The second-order valence-electron chi connectivity index (χ2n) is 3.79. The molecule has 1 fully saturated rings. The summed E-state index contributed by atoms with van der Waals surface area (Å²) in [5.41, 5.74) is -0.00292. The van der Waals surface area contributed by atoms with Gasteiger partial charge in [-0.1, -0.05) is 0 Å². The predicted molar refractivity (Wildman–Crippen MR) is 56.3 cm³/mol. The van der Waals surface area contributed by atoms with Crippen LogP contribution in [0.1, 0.15) is 12.8 Å². The Morgan fingerprint density at radius 1 is 1.44 bits per heavy atom. The molecular weight excluding hydrogens is 212 g/mol. The van der Waals surface area contributed by atoms with Gasteiger partial charge in [0.15, 0.2) is 0 Å². The van der Waals surface area contributed by atoms with Gasteiger partial charge < -0.3 is 4.90 Å². The molecule has 0 saturated carbocycles. The van der Waals surface area contributed by atoms with Gasteiger partial charge in [-0.05, 0) is 0 Å². The molecule has 0 atom stereocenters. The molecule has 2 rings (SSSR count). The van der Waals surface area contributed by atoms with E-state index in [1.807, 2.05) is 0 Å². The number of aromatic nitrogens is 2. The van der Waals surface area contributed by atoms with Gasteiger partial charge in [0.05, 0.1) is 4.92 Å². The fraction of sp³-hybridized carbons (Fsp3) is 0.556. The molecular formula is C9H12N4O3. The number of carbonyl (C=O) groups excluding carboxylic acids is 1. The highest BCUT2D eigenvalue weighted by atomic mass is 16.6. The second-order valence-corrected chi connectivity index (χ2v) is 3.79. The monoisotopic (exact) mass is 224 g/mol. The van der Waals surface area contributed by atoms with Crippen molar-refractivity contribution in [2.45, 2.75) is 12.8 Å². The summed E-state index contributed by atoms with van der Waals surface area (Å²) in [6.45, 7) is 1.02. The van der Waals surface area contributed by atoms with E-state index in [0.29, 0.717) is 31.7 Å². The molecule has 1 aromatic heterocycles. The minimum Gasteiger partial charge on any atom is -0.349 e. The largest absolute Gasteiger partial charge is 0.349 e. The molecule has 0 N–H and O–H groups in total. The van der Waals surface area contributed by atoms with Crippen LogP contribution in [-0.4, -0.2) is 33.6 Å². The molecule has 7 nitrogen and oxygen atoms in total. The Morgan fingerprint density at radius 2 is 2.06 bits per heavy atom. The van der Waals surface area contributed by atoms with E-state index in [9.17, 15) is 14.9 Å². The Bertz CT molecular complexity index is 430. The fourth-order valence-corrected chi connectivity index (χ4v) is 1.79. The molecule has 1 aromatic rings. The number of Topliss-reactive ketones (excluding diaryl/α,β-unsaturated/α-hetero) is 1. The normalized spacial score (nSPS) is 16.6. The fourth-order valence-electron chi connectivity index (χ4n) is 1.79. The van der Waals surface area contributed by atoms with Crippen molar-refractivity contribution in [3.05, 3.63) is 16.3 Å². The van der Waals surface area contributed by atoms with Gasteiger partial charge in [-0.2, -0.15) is 0 Å². The lowest BCUT2D eigenvalue weighted by Crippen LogP contribution is -2.34. The molecule has 2 heterocycles. The van der Waals surface area contributed by atoms with Crippen molar-refractivity contribution >= 4 is 17.3 Å². The zero-order chi connectivity index (χ0) is 11.7. The zero-order valence-electron chi connectivity index (χ0n) is 8.92. The van der Waals surface area contributed by atoms with Crippen molar-refractivity contribution in [2.24, 2.45) is 7.05 Å². The van der Waals surface area contributed by atoms with Crippen molar-refractivity contribution in [1.29, 1.82) is 0 Å². The summed E-state index contributed by atoms with van der Waals surface area (Å²) in [5.74, 6) is 0.565. The first kappa shape index (κ1) is 10.6. The first-order chi connectivity index (χ1) is 7.58. The number of rotatable bonds is 2. The highest BCUT2D eigenvalue weighted by Crippen LogP contribution is 2.27. The van der Waals surface area contributed by atoms with Gasteiger partial charge in [0, 0.05) is 33.0 Å². The van der Waals surface area contributed by atoms with Crippen LogP contribution in [0, 0.1) is 10.1 Å². The summed E-state index contributed by atoms with van der Waals surface area (Å²) in [6, 6.07) is 0. The Hall–Kier alpha value is -1.92. The molecule has 1 aliphatic rings. The Labute approximate surface area is 91.8 Å². The number of aryl methyl sites for hydroxylation is 1. The van der Waals surface area contributed by atoms with E-state index in [2.05, 4.69) is 5.10 Å². The zero-order valence-corrected chi connectivity index (χ0v) is 8.92. The summed E-state index contributed by atoms with van der Waals surface area (Å²) in [6.07, 6.45) is 2.26. The highest BCUT2D eigenvalue weighted by molar-refractivity contribution is 5.81. The molecule has 0 spiro atoms. The number of nitrogens with zero attached hydrogens (tertiary/aromatic N) is 4. The molecule has 0 radical (unpaired) electrons. The van der Waals surface area contributed by atoms with E-state index < -0.39 is 4.92 Å². The maximum absolute atomic E-state index is 11.1. The number of piperidine rings is 1. The minimum atomic E-state index is -0.446. The summed E-state index contributed by atoms with van der Waals surface area (Å²) in [5, 5.41) is 14.9. The third kappa shape index (κ3) is 1.88. The highest BCUT2D eigenvalue weighted by Gasteiger charge is 2.26. The van der Waals surface area contributed by atoms with E-state index in [1.54, 1.807) is 11.9 Å². The number of carbonyl (C=O) groups is 1. The van der Waals surface area contributed by atoms with Crippen molar-refractivity contribution < 1.29 is 9.72 Å². The number of hydrogen-bond donors (Lipinski definition) is 0. The van der Waals surface area contributed by atoms with Crippen molar-refractivity contribution in [3.63, 3.8) is 0 Å². The third-order valence-electron chi connectivity index (χ3n) is 2.61. The molecule has 0 aliphatic carbocycles. The molecule has 1 aliphatic heterocycles. The lowest BCUT2D eigenvalue weighted by molar-refractivity contribution is -0.384. The number of nitro groups is 1. The Balaban J connectivity index is 2.26. The van der Waals surface area contributed by atoms with Crippen LogP contribution >= 0.6 is 0 Å². The molecule has 86 valence electrons. The van der Waals surface area contributed by atoms with Gasteiger partial charge in [-0.3, -0.25) is 19.6 Å². The Kier molecular flexibility index (Phi) is 2.59. The SMILES string of the molecule is Cn1cc([N+](=O)[O-])c(N2CCC(=O)CC2)n1. The summed E-state index contributed by atoms with van der Waals surface area (Å²) in [7, 11) is 1.64. The summed E-state index contributed by atoms with van der Waals surface area (Å²) < 4.78 is 1.42. The van der Waals surface area contributed by atoms with Crippen molar-refractivity contribution in [1.82, 2.24) is 9.78 Å². The second kappa shape index (κ2) is 3.92. The van der Waals surface area contributed by atoms with Gasteiger partial charge in [-0.15, -0.1) is 5.10 Å². The van der Waals surface area contributed by atoms with E-state index in [-0.39, 0.29) is 11.5 Å². The number of hydrogen-bond acceptors (Lipinski definition) is 5. The predicted octanol–water partition coefficient (Wildman–Crippen LogP) is 0.498. The molecule has 16 heavy (non-hydrogen) atoms. The maximum atomic E-state index is 11.1. The van der Waals surface area contributed by atoms with Gasteiger partial charge in [0.2, 0.25) is 5.82 Å². The smallest absolute Gasteiger partial charge is 0.330 e. The van der Waals surface area contributed by atoms with E-state index in [0.717, 1.165) is 0 Å². The van der Waals surface area contributed by atoms with Crippen LogP contribution in [0.5, 0.6) is 0 Å². The average Bonchev–Trinajstić information content (AvgIpc) is 2.61. The third-order valence-corrected chi connectivity index (χ3v) is 2.61. The van der Waals surface area contributed by atoms with Gasteiger partial charge in [0.1, 0.15) is 12.0 Å². The molecule has 1 saturated heterocycles. The van der Waals surface area contributed by atoms with E-state index >= 15 is 0 Å². The minimum absolute atomic E-state index is 0.00292. The molecule has 0 aromatic carbocycles.